The van der Waals surface area contributed by atoms with Gasteiger partial charge in [-0.15, -0.1) is 6.58 Å². The fourth-order valence-corrected chi connectivity index (χ4v) is 3.08. The van der Waals surface area contributed by atoms with Crippen LogP contribution in [0.2, 0.25) is 0 Å². The van der Waals surface area contributed by atoms with E-state index in [2.05, 4.69) is 27.1 Å². The Morgan fingerprint density at radius 3 is 3.19 bits per heavy atom. The van der Waals surface area contributed by atoms with Gasteiger partial charge in [0.2, 0.25) is 0 Å². The summed E-state index contributed by atoms with van der Waals surface area (Å²) in [5.41, 5.74) is 3.67. The molecule has 21 heavy (non-hydrogen) atoms. The molecule has 8 heteroatoms. The smallest absolute Gasteiger partial charge is 0.169 e. The van der Waals surface area contributed by atoms with Crippen LogP contribution in [0.1, 0.15) is 5.76 Å². The van der Waals surface area contributed by atoms with Crippen molar-refractivity contribution in [1.29, 1.82) is 0 Å². The molecule has 0 fully saturated rings. The van der Waals surface area contributed by atoms with Crippen molar-refractivity contribution in [3.8, 4) is 0 Å². The molecule has 0 bridgehead atoms. The summed E-state index contributed by atoms with van der Waals surface area (Å²) in [6.07, 6.45) is 6.43. The molecule has 0 atom stereocenters. The van der Waals surface area contributed by atoms with Crippen LogP contribution >= 0.6 is 23.6 Å². The third kappa shape index (κ3) is 2.76. The number of hydrazone groups is 1. The van der Waals surface area contributed by atoms with Gasteiger partial charge in [0.25, 0.3) is 0 Å². The molecule has 3 aromatic rings. The molecule has 3 rings (SSSR count). The lowest BCUT2D eigenvalue weighted by Crippen LogP contribution is -1.98. The molecule has 0 aliphatic rings. The van der Waals surface area contributed by atoms with Crippen LogP contribution < -0.4 is 5.43 Å². The number of anilines is 1. The first-order valence-electron chi connectivity index (χ1n) is 6.07. The van der Waals surface area contributed by atoms with Gasteiger partial charge < -0.3 is 8.98 Å². The Morgan fingerprint density at radius 1 is 1.52 bits per heavy atom. The Hall–Kier alpha value is -2.32. The minimum Gasteiger partial charge on any atom is -0.463 e. The molecule has 0 aliphatic heterocycles. The number of rotatable bonds is 5. The number of allylic oxidation sites excluding steroid dienone is 1. The lowest BCUT2D eigenvalue weighted by Gasteiger charge is -2.01. The van der Waals surface area contributed by atoms with Gasteiger partial charge in [-0.1, -0.05) is 17.4 Å². The van der Waals surface area contributed by atoms with E-state index in [1.54, 1.807) is 24.6 Å². The second kappa shape index (κ2) is 5.98. The number of aromatic nitrogens is 3. The Labute approximate surface area is 129 Å². The van der Waals surface area contributed by atoms with Gasteiger partial charge in [-0.2, -0.15) is 5.10 Å². The van der Waals surface area contributed by atoms with Crippen molar-refractivity contribution in [1.82, 2.24) is 14.5 Å². The number of thiazole rings is 1. The van der Waals surface area contributed by atoms with E-state index in [0.29, 0.717) is 18.1 Å². The van der Waals surface area contributed by atoms with Gasteiger partial charge in [-0.25, -0.2) is 9.97 Å². The highest BCUT2D eigenvalue weighted by molar-refractivity contribution is 7.73. The zero-order valence-electron chi connectivity index (χ0n) is 10.9. The van der Waals surface area contributed by atoms with Crippen LogP contribution in [0.15, 0.2) is 46.9 Å². The topological polar surface area (TPSA) is 68.2 Å². The van der Waals surface area contributed by atoms with Gasteiger partial charge in [-0.3, -0.25) is 5.43 Å². The van der Waals surface area contributed by atoms with E-state index >= 15 is 0 Å². The Kier molecular flexibility index (Phi) is 3.89. The van der Waals surface area contributed by atoms with Gasteiger partial charge in [0, 0.05) is 6.54 Å². The standard InChI is InChI=1S/C13H11N5OS2/c1-2-5-18-12-10(21-13(18)20)11(14-8-15-12)17-16-7-9-4-3-6-19-9/h2-4,6-8H,1,5H2,(H,14,15,17). The molecule has 0 amide bonds. The molecule has 1 N–H and O–H groups in total. The van der Waals surface area contributed by atoms with Crippen molar-refractivity contribution in [2.24, 2.45) is 5.10 Å². The SMILES string of the molecule is C=CCn1c(=S)sc2c(NN=Cc3ccco3)ncnc21. The largest absolute Gasteiger partial charge is 0.463 e. The highest BCUT2D eigenvalue weighted by Gasteiger charge is 2.10. The van der Waals surface area contributed by atoms with E-state index in [1.165, 1.54) is 17.7 Å². The monoisotopic (exact) mass is 317 g/mol. The van der Waals surface area contributed by atoms with Crippen LogP contribution in [0.25, 0.3) is 10.3 Å². The molecule has 3 heterocycles. The molecule has 106 valence electrons. The number of furan rings is 1. The van der Waals surface area contributed by atoms with Crippen LogP contribution in [-0.2, 0) is 6.54 Å². The minimum absolute atomic E-state index is 0.613. The number of nitrogens with one attached hydrogen (secondary N) is 1. The Bertz CT molecular complexity index is 847. The number of nitrogens with zero attached hydrogens (tertiary/aromatic N) is 4. The molecule has 0 radical (unpaired) electrons. The van der Waals surface area contributed by atoms with E-state index < -0.39 is 0 Å². The summed E-state index contributed by atoms with van der Waals surface area (Å²) < 4.78 is 8.66. The zero-order valence-corrected chi connectivity index (χ0v) is 12.5. The maximum Gasteiger partial charge on any atom is 0.169 e. The lowest BCUT2D eigenvalue weighted by molar-refractivity contribution is 0.560. The average molecular weight is 317 g/mol. The van der Waals surface area contributed by atoms with Gasteiger partial charge in [0.1, 0.15) is 16.8 Å². The first kappa shape index (κ1) is 13.7. The van der Waals surface area contributed by atoms with Crippen LogP contribution in [-0.4, -0.2) is 20.7 Å². The minimum atomic E-state index is 0.613. The van der Waals surface area contributed by atoms with Crippen molar-refractivity contribution in [2.45, 2.75) is 6.54 Å². The van der Waals surface area contributed by atoms with E-state index in [9.17, 15) is 0 Å². The molecule has 0 aromatic carbocycles. The van der Waals surface area contributed by atoms with E-state index in [0.717, 1.165) is 14.3 Å². The highest BCUT2D eigenvalue weighted by atomic mass is 32.1. The molecule has 0 unspecified atom stereocenters. The third-order valence-electron chi connectivity index (χ3n) is 2.67. The summed E-state index contributed by atoms with van der Waals surface area (Å²) in [5.74, 6) is 1.27. The van der Waals surface area contributed by atoms with Gasteiger partial charge >= 0.3 is 0 Å². The summed E-state index contributed by atoms with van der Waals surface area (Å²) in [6.45, 7) is 4.34. The fraction of sp³-hybridized carbons (Fsp3) is 0.0769. The maximum absolute atomic E-state index is 5.34. The highest BCUT2D eigenvalue weighted by Crippen LogP contribution is 2.26. The van der Waals surface area contributed by atoms with Crippen molar-refractivity contribution in [2.75, 3.05) is 5.43 Å². The maximum atomic E-state index is 5.34. The Balaban J connectivity index is 1.94. The molecule has 0 spiro atoms. The fourth-order valence-electron chi connectivity index (χ4n) is 1.77. The quantitative estimate of drug-likeness (QED) is 0.338. The van der Waals surface area contributed by atoms with E-state index in [1.807, 2.05) is 10.6 Å². The summed E-state index contributed by atoms with van der Waals surface area (Å²) >= 11 is 6.78. The molecular weight excluding hydrogens is 306 g/mol. The van der Waals surface area contributed by atoms with E-state index in [4.69, 9.17) is 16.6 Å². The lowest BCUT2D eigenvalue weighted by atomic mass is 10.5. The average Bonchev–Trinajstić information content (AvgIpc) is 3.09. The predicted molar refractivity (Wildman–Crippen MR) is 86.4 cm³/mol. The Morgan fingerprint density at radius 2 is 2.43 bits per heavy atom. The van der Waals surface area contributed by atoms with E-state index in [-0.39, 0.29) is 0 Å². The zero-order chi connectivity index (χ0) is 14.7. The molecule has 0 saturated heterocycles. The van der Waals surface area contributed by atoms with Gasteiger partial charge in [0.15, 0.2) is 15.4 Å². The van der Waals surface area contributed by atoms with Gasteiger partial charge in [0.05, 0.1) is 12.5 Å². The summed E-state index contributed by atoms with van der Waals surface area (Å²) in [4.78, 5) is 8.48. The molecule has 3 aromatic heterocycles. The molecular formula is C13H11N5OS2. The van der Waals surface area contributed by atoms with Crippen LogP contribution in [0, 0.1) is 3.95 Å². The normalized spacial score (nSPS) is 11.2. The number of fused-ring (bicyclic) bond motifs is 1. The molecule has 0 saturated carbocycles. The summed E-state index contributed by atoms with van der Waals surface area (Å²) in [6, 6.07) is 3.61. The third-order valence-corrected chi connectivity index (χ3v) is 4.11. The van der Waals surface area contributed by atoms with Crippen molar-refractivity contribution < 1.29 is 4.42 Å². The first-order chi connectivity index (χ1) is 10.3. The van der Waals surface area contributed by atoms with Crippen LogP contribution in [0.5, 0.6) is 0 Å². The first-order valence-corrected chi connectivity index (χ1v) is 7.30. The second-order valence-electron chi connectivity index (χ2n) is 4.03. The van der Waals surface area contributed by atoms with Gasteiger partial charge in [-0.05, 0) is 24.4 Å². The molecule has 0 aliphatic carbocycles. The van der Waals surface area contributed by atoms with Crippen LogP contribution in [0.3, 0.4) is 0 Å². The van der Waals surface area contributed by atoms with Crippen molar-refractivity contribution >= 4 is 45.9 Å². The number of hydrogen-bond donors (Lipinski definition) is 1. The number of hydrogen-bond acceptors (Lipinski definition) is 7. The van der Waals surface area contributed by atoms with Crippen LogP contribution in [0.4, 0.5) is 5.82 Å². The summed E-state index contributed by atoms with van der Waals surface area (Å²) in [5, 5.41) is 4.10. The predicted octanol–water partition coefficient (Wildman–Crippen LogP) is 3.45. The second-order valence-corrected chi connectivity index (χ2v) is 5.67. The molecule has 6 nitrogen and oxygen atoms in total. The van der Waals surface area contributed by atoms with Crippen molar-refractivity contribution in [3.63, 3.8) is 0 Å². The summed E-state index contributed by atoms with van der Waals surface area (Å²) in [7, 11) is 0. The van der Waals surface area contributed by atoms with Crippen molar-refractivity contribution in [3.05, 3.63) is 47.1 Å².